The maximum atomic E-state index is 12.1. The normalized spacial score (nSPS) is 25.6. The molecule has 0 aromatic carbocycles. The molecule has 1 rings (SSSR count). The molecule has 1 saturated heterocycles. The van der Waals surface area contributed by atoms with Crippen LogP contribution in [0.1, 0.15) is 6.42 Å². The van der Waals surface area contributed by atoms with Gasteiger partial charge in [-0.25, -0.2) is 8.42 Å². The number of halogens is 3. The number of alkyl halides is 3. The maximum Gasteiger partial charge on any atom is 0.511 e. The summed E-state index contributed by atoms with van der Waals surface area (Å²) in [5.41, 5.74) is 0.0477. The van der Waals surface area contributed by atoms with E-state index in [0.29, 0.717) is 10.7 Å². The highest BCUT2D eigenvalue weighted by Crippen LogP contribution is 2.30. The van der Waals surface area contributed by atoms with Crippen LogP contribution in [0.3, 0.4) is 0 Å². The fourth-order valence-corrected chi connectivity index (χ4v) is 2.40. The number of hydrogen-bond acceptors (Lipinski definition) is 3. The molecule has 0 spiro atoms. The Labute approximate surface area is 79.9 Å². The SMILES string of the molecule is NCC1CCN(S(=O)(=O)C(F)(F)F)C1. The Kier molecular flexibility index (Phi) is 3.07. The molecule has 0 radical (unpaired) electrons. The summed E-state index contributed by atoms with van der Waals surface area (Å²) in [6, 6.07) is 0. The van der Waals surface area contributed by atoms with Gasteiger partial charge in [0.15, 0.2) is 0 Å². The molecule has 1 heterocycles. The minimum atomic E-state index is -5.20. The van der Waals surface area contributed by atoms with Gasteiger partial charge in [0.1, 0.15) is 0 Å². The van der Waals surface area contributed by atoms with Crippen LogP contribution in [-0.4, -0.2) is 37.9 Å². The molecule has 1 unspecified atom stereocenters. The average Bonchev–Trinajstić information content (AvgIpc) is 2.49. The summed E-state index contributed by atoms with van der Waals surface area (Å²) >= 11 is 0. The molecule has 1 aliphatic rings. The zero-order chi connectivity index (χ0) is 11.0. The van der Waals surface area contributed by atoms with Crippen molar-refractivity contribution in [1.82, 2.24) is 4.31 Å². The van der Waals surface area contributed by atoms with Crippen LogP contribution in [0.4, 0.5) is 13.2 Å². The first-order chi connectivity index (χ1) is 6.29. The molecule has 1 atom stereocenters. The molecule has 14 heavy (non-hydrogen) atoms. The molecule has 0 saturated carbocycles. The summed E-state index contributed by atoms with van der Waals surface area (Å²) in [5.74, 6) is -0.160. The van der Waals surface area contributed by atoms with E-state index in [4.69, 9.17) is 5.73 Å². The van der Waals surface area contributed by atoms with E-state index in [1.165, 1.54) is 0 Å². The van der Waals surface area contributed by atoms with Gasteiger partial charge in [-0.2, -0.15) is 17.5 Å². The summed E-state index contributed by atoms with van der Waals surface area (Å²) < 4.78 is 58.4. The van der Waals surface area contributed by atoms with Gasteiger partial charge in [0.05, 0.1) is 0 Å². The minimum absolute atomic E-state index is 0.0935. The lowest BCUT2D eigenvalue weighted by Gasteiger charge is -2.17. The standard InChI is InChI=1S/C6H11F3N2O2S/c7-6(8,9)14(12,13)11-2-1-5(3-10)4-11/h5H,1-4,10H2. The van der Waals surface area contributed by atoms with Crippen molar-refractivity contribution in [3.63, 3.8) is 0 Å². The zero-order valence-electron chi connectivity index (χ0n) is 7.29. The lowest BCUT2D eigenvalue weighted by molar-refractivity contribution is -0.0484. The molecule has 0 amide bonds. The molecule has 1 fully saturated rings. The van der Waals surface area contributed by atoms with Crippen LogP contribution in [0.15, 0.2) is 0 Å². The zero-order valence-corrected chi connectivity index (χ0v) is 8.11. The van der Waals surface area contributed by atoms with Crippen LogP contribution >= 0.6 is 0 Å². The average molecular weight is 232 g/mol. The van der Waals surface area contributed by atoms with Gasteiger partial charge in [0, 0.05) is 13.1 Å². The third-order valence-electron chi connectivity index (χ3n) is 2.21. The van der Waals surface area contributed by atoms with Gasteiger partial charge in [0.2, 0.25) is 0 Å². The van der Waals surface area contributed by atoms with E-state index < -0.39 is 15.5 Å². The Morgan fingerprint density at radius 2 is 2.00 bits per heavy atom. The van der Waals surface area contributed by atoms with Crippen molar-refractivity contribution in [2.75, 3.05) is 19.6 Å². The molecule has 0 bridgehead atoms. The summed E-state index contributed by atoms with van der Waals surface area (Å²) in [5, 5.41) is 0. The monoisotopic (exact) mass is 232 g/mol. The third kappa shape index (κ3) is 2.01. The fraction of sp³-hybridized carbons (Fsp3) is 1.00. The van der Waals surface area contributed by atoms with Gasteiger partial charge in [0.25, 0.3) is 0 Å². The lowest BCUT2D eigenvalue weighted by Crippen LogP contribution is -2.39. The van der Waals surface area contributed by atoms with Crippen LogP contribution in [0.5, 0.6) is 0 Å². The molecule has 4 nitrogen and oxygen atoms in total. The number of nitrogens with zero attached hydrogens (tertiary/aromatic N) is 1. The van der Waals surface area contributed by atoms with Crippen LogP contribution in [-0.2, 0) is 10.0 Å². The molecule has 0 aromatic heterocycles. The van der Waals surface area contributed by atoms with Crippen molar-refractivity contribution in [2.24, 2.45) is 11.7 Å². The van der Waals surface area contributed by atoms with Gasteiger partial charge in [-0.05, 0) is 18.9 Å². The fourth-order valence-electron chi connectivity index (χ4n) is 1.35. The first-order valence-corrected chi connectivity index (χ1v) is 5.49. The highest BCUT2D eigenvalue weighted by Gasteiger charge is 2.51. The summed E-state index contributed by atoms with van der Waals surface area (Å²) in [4.78, 5) is 0. The molecule has 1 aliphatic heterocycles. The molecule has 2 N–H and O–H groups in total. The van der Waals surface area contributed by atoms with E-state index in [9.17, 15) is 21.6 Å². The van der Waals surface area contributed by atoms with E-state index in [2.05, 4.69) is 0 Å². The first kappa shape index (κ1) is 11.7. The molecule has 0 aliphatic carbocycles. The van der Waals surface area contributed by atoms with Crippen molar-refractivity contribution in [3.05, 3.63) is 0 Å². The third-order valence-corrected chi connectivity index (χ3v) is 3.81. The Bertz CT molecular complexity index is 301. The van der Waals surface area contributed by atoms with E-state index in [1.54, 1.807) is 0 Å². The molecule has 8 heteroatoms. The largest absolute Gasteiger partial charge is 0.511 e. The summed E-state index contributed by atoms with van der Waals surface area (Å²) in [6.07, 6.45) is 0.395. The maximum absolute atomic E-state index is 12.1. The van der Waals surface area contributed by atoms with E-state index in [0.717, 1.165) is 0 Å². The van der Waals surface area contributed by atoms with Crippen LogP contribution in [0, 0.1) is 5.92 Å². The van der Waals surface area contributed by atoms with Crippen molar-refractivity contribution in [1.29, 1.82) is 0 Å². The van der Waals surface area contributed by atoms with Gasteiger partial charge in [-0.3, -0.25) is 0 Å². The van der Waals surface area contributed by atoms with Gasteiger partial charge in [-0.15, -0.1) is 0 Å². The topological polar surface area (TPSA) is 63.4 Å². The smallest absolute Gasteiger partial charge is 0.330 e. The Morgan fingerprint density at radius 1 is 1.43 bits per heavy atom. The van der Waals surface area contributed by atoms with Crippen LogP contribution in [0.2, 0.25) is 0 Å². The van der Waals surface area contributed by atoms with E-state index in [1.807, 2.05) is 0 Å². The minimum Gasteiger partial charge on any atom is -0.330 e. The number of rotatable bonds is 2. The van der Waals surface area contributed by atoms with Gasteiger partial charge in [-0.1, -0.05) is 0 Å². The van der Waals surface area contributed by atoms with E-state index >= 15 is 0 Å². The highest BCUT2D eigenvalue weighted by atomic mass is 32.2. The Morgan fingerprint density at radius 3 is 2.36 bits per heavy atom. The van der Waals surface area contributed by atoms with E-state index in [-0.39, 0.29) is 25.6 Å². The summed E-state index contributed by atoms with van der Waals surface area (Å²) in [7, 11) is -5.14. The van der Waals surface area contributed by atoms with Crippen molar-refractivity contribution in [3.8, 4) is 0 Å². The molecular weight excluding hydrogens is 221 g/mol. The van der Waals surface area contributed by atoms with Crippen LogP contribution < -0.4 is 5.73 Å². The predicted molar refractivity (Wildman–Crippen MR) is 43.7 cm³/mol. The van der Waals surface area contributed by atoms with Crippen molar-refractivity contribution >= 4 is 10.0 Å². The Balaban J connectivity index is 2.77. The second-order valence-electron chi connectivity index (χ2n) is 3.20. The van der Waals surface area contributed by atoms with Gasteiger partial charge < -0.3 is 5.73 Å². The molecular formula is C6H11F3N2O2S. The second kappa shape index (κ2) is 3.67. The molecule has 84 valence electrons. The quantitative estimate of drug-likeness (QED) is 0.735. The predicted octanol–water partition coefficient (Wildman–Crippen LogP) is 0.117. The molecule has 0 aromatic rings. The first-order valence-electron chi connectivity index (χ1n) is 4.05. The number of hydrogen-bond donors (Lipinski definition) is 1. The van der Waals surface area contributed by atoms with Gasteiger partial charge >= 0.3 is 15.5 Å². The van der Waals surface area contributed by atoms with Crippen molar-refractivity contribution in [2.45, 2.75) is 11.9 Å². The lowest BCUT2D eigenvalue weighted by atomic mass is 10.1. The van der Waals surface area contributed by atoms with Crippen LogP contribution in [0.25, 0.3) is 0 Å². The summed E-state index contributed by atoms with van der Waals surface area (Å²) in [6.45, 7) is -0.00801. The number of sulfonamides is 1. The number of nitrogens with two attached hydrogens (primary N) is 1. The van der Waals surface area contributed by atoms with Crippen molar-refractivity contribution < 1.29 is 21.6 Å². The Hall–Kier alpha value is -0.340. The highest BCUT2D eigenvalue weighted by molar-refractivity contribution is 7.90. The second-order valence-corrected chi connectivity index (χ2v) is 5.13.